The summed E-state index contributed by atoms with van der Waals surface area (Å²) in [5, 5.41) is 8.70. The quantitative estimate of drug-likeness (QED) is 0.500. The van der Waals surface area contributed by atoms with Crippen molar-refractivity contribution < 1.29 is 14.7 Å². The minimum atomic E-state index is -0.548. The van der Waals surface area contributed by atoms with Crippen LogP contribution in [0.5, 0.6) is 5.75 Å². The zero-order valence-corrected chi connectivity index (χ0v) is 11.6. The Morgan fingerprint density at radius 3 is 3.05 bits per heavy atom. The number of amides is 1. The van der Waals surface area contributed by atoms with Crippen LogP contribution in [0.3, 0.4) is 0 Å². The van der Waals surface area contributed by atoms with E-state index in [4.69, 9.17) is 9.94 Å². The van der Waals surface area contributed by atoms with Crippen LogP contribution >= 0.6 is 0 Å². The number of aromatic nitrogens is 2. The molecule has 22 heavy (non-hydrogen) atoms. The van der Waals surface area contributed by atoms with Gasteiger partial charge in [0.15, 0.2) is 0 Å². The molecule has 1 amide bonds. The Balaban J connectivity index is 1.77. The molecule has 0 unspecified atom stereocenters. The van der Waals surface area contributed by atoms with Gasteiger partial charge in [0.2, 0.25) is 0 Å². The maximum absolute atomic E-state index is 11.5. The summed E-state index contributed by atoms with van der Waals surface area (Å²) in [5.41, 5.74) is 5.66. The monoisotopic (exact) mass is 295 g/mol. The predicted octanol–water partition coefficient (Wildman–Crippen LogP) is 2.28. The van der Waals surface area contributed by atoms with Crippen LogP contribution in [0.4, 0.5) is 0 Å². The number of carbonyl (C=O) groups is 1. The van der Waals surface area contributed by atoms with Gasteiger partial charge in [-0.05, 0) is 42.0 Å². The first kappa shape index (κ1) is 12.8. The fourth-order valence-electron chi connectivity index (χ4n) is 2.69. The number of hydrogen-bond acceptors (Lipinski definition) is 4. The third kappa shape index (κ3) is 2.01. The first-order valence-corrected chi connectivity index (χ1v) is 6.95. The van der Waals surface area contributed by atoms with Gasteiger partial charge in [0.25, 0.3) is 5.91 Å². The van der Waals surface area contributed by atoms with Crippen molar-refractivity contribution in [2.24, 2.45) is 0 Å². The van der Waals surface area contributed by atoms with Crippen molar-refractivity contribution >= 4 is 16.9 Å². The van der Waals surface area contributed by atoms with Gasteiger partial charge in [-0.15, -0.1) is 0 Å². The lowest BCUT2D eigenvalue weighted by molar-refractivity contribution is 0.0706. The van der Waals surface area contributed by atoms with Crippen LogP contribution in [0.1, 0.15) is 15.9 Å². The molecular formula is C16H13N3O3. The number of H-pyrrole nitrogens is 1. The Bertz CT molecular complexity index is 885. The van der Waals surface area contributed by atoms with Gasteiger partial charge in [-0.3, -0.25) is 10.0 Å². The van der Waals surface area contributed by atoms with Crippen LogP contribution < -0.4 is 10.2 Å². The van der Waals surface area contributed by atoms with Gasteiger partial charge in [0.1, 0.15) is 11.6 Å². The van der Waals surface area contributed by atoms with Crippen molar-refractivity contribution in [1.82, 2.24) is 15.4 Å². The van der Waals surface area contributed by atoms with Crippen molar-refractivity contribution in [2.45, 2.75) is 6.42 Å². The van der Waals surface area contributed by atoms with E-state index >= 15 is 0 Å². The number of nitrogens with zero attached hydrogens (tertiary/aromatic N) is 1. The molecule has 3 aromatic rings. The van der Waals surface area contributed by atoms with Crippen molar-refractivity contribution in [3.63, 3.8) is 0 Å². The number of rotatable bonds is 2. The molecule has 0 spiro atoms. The zero-order valence-electron chi connectivity index (χ0n) is 11.6. The number of hydroxylamine groups is 1. The molecule has 0 aliphatic carbocycles. The molecule has 0 atom stereocenters. The Hall–Kier alpha value is -2.86. The zero-order chi connectivity index (χ0) is 15.1. The SMILES string of the molecule is O=C(NO)c1ccc2nc(-c3ccc4c(c3)CCO4)[nH]c2c1. The van der Waals surface area contributed by atoms with Gasteiger partial charge in [-0.25, -0.2) is 10.5 Å². The molecule has 2 heterocycles. The molecule has 6 nitrogen and oxygen atoms in total. The van der Waals surface area contributed by atoms with Gasteiger partial charge >= 0.3 is 0 Å². The number of aromatic amines is 1. The van der Waals surface area contributed by atoms with E-state index in [2.05, 4.69) is 16.0 Å². The molecule has 1 aliphatic heterocycles. The number of fused-ring (bicyclic) bond motifs is 2. The summed E-state index contributed by atoms with van der Waals surface area (Å²) in [6, 6.07) is 11.0. The molecule has 0 fully saturated rings. The van der Waals surface area contributed by atoms with E-state index in [1.807, 2.05) is 12.1 Å². The second kappa shape index (κ2) is 4.85. The third-order valence-corrected chi connectivity index (χ3v) is 3.81. The van der Waals surface area contributed by atoms with Crippen LogP contribution in [0.2, 0.25) is 0 Å². The van der Waals surface area contributed by atoms with Crippen molar-refractivity contribution in [3.05, 3.63) is 47.5 Å². The molecule has 4 rings (SSSR count). The third-order valence-electron chi connectivity index (χ3n) is 3.81. The summed E-state index contributed by atoms with van der Waals surface area (Å²) in [7, 11) is 0. The fraction of sp³-hybridized carbons (Fsp3) is 0.125. The smallest absolute Gasteiger partial charge is 0.274 e. The van der Waals surface area contributed by atoms with Gasteiger partial charge < -0.3 is 9.72 Å². The summed E-state index contributed by atoms with van der Waals surface area (Å²) in [6.07, 6.45) is 0.907. The normalized spacial score (nSPS) is 13.0. The van der Waals surface area contributed by atoms with Crippen LogP contribution in [0.25, 0.3) is 22.4 Å². The van der Waals surface area contributed by atoms with E-state index in [-0.39, 0.29) is 0 Å². The van der Waals surface area contributed by atoms with Gasteiger partial charge in [0, 0.05) is 17.5 Å². The van der Waals surface area contributed by atoms with Crippen LogP contribution in [-0.2, 0) is 6.42 Å². The average molecular weight is 295 g/mol. The maximum Gasteiger partial charge on any atom is 0.274 e. The topological polar surface area (TPSA) is 87.2 Å². The molecule has 1 aliphatic rings. The van der Waals surface area contributed by atoms with E-state index in [1.165, 1.54) is 5.56 Å². The van der Waals surface area contributed by atoms with E-state index in [9.17, 15) is 4.79 Å². The van der Waals surface area contributed by atoms with E-state index < -0.39 is 5.91 Å². The van der Waals surface area contributed by atoms with E-state index in [0.29, 0.717) is 5.56 Å². The highest BCUT2D eigenvalue weighted by atomic mass is 16.5. The van der Waals surface area contributed by atoms with Crippen LogP contribution in [-0.4, -0.2) is 27.7 Å². The molecule has 3 N–H and O–H groups in total. The molecule has 6 heteroatoms. The Morgan fingerprint density at radius 1 is 1.27 bits per heavy atom. The summed E-state index contributed by atoms with van der Waals surface area (Å²) in [5.74, 6) is 1.13. The van der Waals surface area contributed by atoms with E-state index in [0.717, 1.165) is 41.2 Å². The first-order chi connectivity index (χ1) is 10.7. The van der Waals surface area contributed by atoms with Crippen molar-refractivity contribution in [1.29, 1.82) is 0 Å². The summed E-state index contributed by atoms with van der Waals surface area (Å²) in [4.78, 5) is 19.2. The number of imidazole rings is 1. The number of ether oxygens (including phenoxy) is 1. The lowest BCUT2D eigenvalue weighted by Gasteiger charge is -2.01. The first-order valence-electron chi connectivity index (χ1n) is 6.95. The molecule has 0 radical (unpaired) electrons. The number of carbonyl (C=O) groups excluding carboxylic acids is 1. The number of hydrogen-bond donors (Lipinski definition) is 3. The predicted molar refractivity (Wildman–Crippen MR) is 80.0 cm³/mol. The highest BCUT2D eigenvalue weighted by Gasteiger charge is 2.14. The fourth-order valence-corrected chi connectivity index (χ4v) is 2.69. The lowest BCUT2D eigenvalue weighted by atomic mass is 10.1. The maximum atomic E-state index is 11.5. The molecule has 0 bridgehead atoms. The van der Waals surface area contributed by atoms with Gasteiger partial charge in [-0.2, -0.15) is 0 Å². The van der Waals surface area contributed by atoms with Crippen molar-refractivity contribution in [3.8, 4) is 17.1 Å². The van der Waals surface area contributed by atoms with Gasteiger partial charge in [-0.1, -0.05) is 0 Å². The summed E-state index contributed by atoms with van der Waals surface area (Å²) < 4.78 is 5.50. The van der Waals surface area contributed by atoms with Crippen LogP contribution in [0, 0.1) is 0 Å². The molecule has 2 aromatic carbocycles. The Kier molecular flexibility index (Phi) is 2.83. The largest absolute Gasteiger partial charge is 0.493 e. The molecule has 110 valence electrons. The number of benzene rings is 2. The average Bonchev–Trinajstić information content (AvgIpc) is 3.18. The Morgan fingerprint density at radius 2 is 2.18 bits per heavy atom. The lowest BCUT2D eigenvalue weighted by Crippen LogP contribution is -2.18. The minimum absolute atomic E-state index is 0.368. The summed E-state index contributed by atoms with van der Waals surface area (Å²) in [6.45, 7) is 0.721. The highest BCUT2D eigenvalue weighted by molar-refractivity contribution is 5.97. The Labute approximate surface area is 125 Å². The highest BCUT2D eigenvalue weighted by Crippen LogP contribution is 2.30. The molecule has 0 saturated heterocycles. The van der Waals surface area contributed by atoms with Crippen molar-refractivity contribution in [2.75, 3.05) is 6.61 Å². The molecule has 1 aromatic heterocycles. The summed E-state index contributed by atoms with van der Waals surface area (Å²) >= 11 is 0. The molecule has 0 saturated carbocycles. The van der Waals surface area contributed by atoms with Crippen LogP contribution in [0.15, 0.2) is 36.4 Å². The van der Waals surface area contributed by atoms with Gasteiger partial charge in [0.05, 0.1) is 17.6 Å². The second-order valence-corrected chi connectivity index (χ2v) is 5.18. The molecular weight excluding hydrogens is 282 g/mol. The second-order valence-electron chi connectivity index (χ2n) is 5.18. The minimum Gasteiger partial charge on any atom is -0.493 e. The number of nitrogens with one attached hydrogen (secondary N) is 2. The van der Waals surface area contributed by atoms with E-state index in [1.54, 1.807) is 23.7 Å². The standard InChI is InChI=1S/C16H13N3O3/c20-16(19-21)11-1-3-12-13(8-11)18-15(17-12)10-2-4-14-9(7-10)5-6-22-14/h1-4,7-8,21H,5-6H2,(H,17,18)(H,19,20).